The average molecular weight is 402 g/mol. The van der Waals surface area contributed by atoms with Gasteiger partial charge in [-0.05, 0) is 76.5 Å². The maximum absolute atomic E-state index is 13.3. The Balaban J connectivity index is 1.38. The lowest BCUT2D eigenvalue weighted by molar-refractivity contribution is -0.136. The lowest BCUT2D eigenvalue weighted by Crippen LogP contribution is -2.61. The molecule has 158 valence electrons. The second-order valence-electron chi connectivity index (χ2n) is 9.81. The van der Waals surface area contributed by atoms with Crippen LogP contribution in [0.2, 0.25) is 0 Å². The summed E-state index contributed by atoms with van der Waals surface area (Å²) >= 11 is 0. The van der Waals surface area contributed by atoms with E-state index in [4.69, 9.17) is 9.47 Å². The quantitative estimate of drug-likeness (QED) is 0.788. The summed E-state index contributed by atoms with van der Waals surface area (Å²) in [6.07, 6.45) is 7.95. The molecule has 29 heavy (non-hydrogen) atoms. The predicted molar refractivity (Wildman–Crippen MR) is 105 cm³/mol. The van der Waals surface area contributed by atoms with Crippen molar-refractivity contribution in [2.75, 3.05) is 6.61 Å². The first-order chi connectivity index (χ1) is 13.9. The van der Waals surface area contributed by atoms with E-state index in [1.807, 2.05) is 13.8 Å². The second kappa shape index (κ2) is 7.20. The number of aliphatic hydroxyl groups is 1. The van der Waals surface area contributed by atoms with Gasteiger partial charge in [-0.1, -0.05) is 0 Å². The molecule has 1 aromatic rings. The van der Waals surface area contributed by atoms with Crippen LogP contribution in [0.5, 0.6) is 6.01 Å². The van der Waals surface area contributed by atoms with Crippen molar-refractivity contribution in [2.24, 2.45) is 17.8 Å². The van der Waals surface area contributed by atoms with E-state index in [9.17, 15) is 9.90 Å². The Kier molecular flexibility index (Phi) is 4.78. The van der Waals surface area contributed by atoms with Crippen molar-refractivity contribution in [1.29, 1.82) is 0 Å². The third-order valence-electron chi connectivity index (χ3n) is 7.16. The molecule has 3 unspecified atom stereocenters. The number of nitrogens with zero attached hydrogens (tertiary/aromatic N) is 2. The lowest BCUT2D eigenvalue weighted by atomic mass is 9.52. The zero-order valence-electron chi connectivity index (χ0n) is 17.3. The Morgan fingerprint density at radius 1 is 1.31 bits per heavy atom. The average Bonchev–Trinajstić information content (AvgIpc) is 3.17. The van der Waals surface area contributed by atoms with Crippen LogP contribution in [0.15, 0.2) is 6.20 Å². The number of ether oxygens (including phenoxy) is 2. The number of aromatic nitrogens is 2. The van der Waals surface area contributed by atoms with Gasteiger partial charge >= 0.3 is 6.01 Å². The number of rotatable bonds is 5. The lowest BCUT2D eigenvalue weighted by Gasteiger charge is -2.58. The highest BCUT2D eigenvalue weighted by molar-refractivity contribution is 5.95. The molecule has 6 rings (SSSR count). The Morgan fingerprint density at radius 3 is 2.69 bits per heavy atom. The molecule has 1 saturated heterocycles. The molecule has 5 fully saturated rings. The number of hydrogen-bond acceptors (Lipinski definition) is 6. The second-order valence-corrected chi connectivity index (χ2v) is 9.81. The van der Waals surface area contributed by atoms with Crippen LogP contribution in [0.1, 0.15) is 80.9 Å². The SMILES string of the molecule is CC(C)Oc1ncc(C(=O)NC2C3CC4CC2CC(O)(C4)C3)c(C2CCCO2)n1. The number of nitrogens with one attached hydrogen (secondary N) is 1. The molecule has 2 N–H and O–H groups in total. The van der Waals surface area contributed by atoms with Crippen LogP contribution in [0.4, 0.5) is 0 Å². The fourth-order valence-electron chi connectivity index (χ4n) is 6.31. The highest BCUT2D eigenvalue weighted by Crippen LogP contribution is 2.55. The van der Waals surface area contributed by atoms with Crippen LogP contribution in [0.25, 0.3) is 0 Å². The van der Waals surface area contributed by atoms with Gasteiger partial charge in [0.1, 0.15) is 6.10 Å². The third-order valence-corrected chi connectivity index (χ3v) is 7.16. The van der Waals surface area contributed by atoms with Gasteiger partial charge in [0.15, 0.2) is 0 Å². The molecular weight excluding hydrogens is 370 g/mol. The van der Waals surface area contributed by atoms with Crippen molar-refractivity contribution in [3.05, 3.63) is 17.5 Å². The van der Waals surface area contributed by atoms with E-state index >= 15 is 0 Å². The first kappa shape index (κ1) is 19.2. The van der Waals surface area contributed by atoms with E-state index in [1.165, 1.54) is 0 Å². The highest BCUT2D eigenvalue weighted by atomic mass is 16.5. The van der Waals surface area contributed by atoms with Crippen LogP contribution in [0.3, 0.4) is 0 Å². The normalized spacial score (nSPS) is 37.9. The summed E-state index contributed by atoms with van der Waals surface area (Å²) in [5.74, 6) is 1.22. The monoisotopic (exact) mass is 401 g/mol. The van der Waals surface area contributed by atoms with Gasteiger partial charge in [0.25, 0.3) is 5.91 Å². The predicted octanol–water partition coefficient (Wildman–Crippen LogP) is 2.78. The number of amides is 1. The van der Waals surface area contributed by atoms with Crippen molar-refractivity contribution in [3.63, 3.8) is 0 Å². The Hall–Kier alpha value is -1.73. The number of carbonyl (C=O) groups is 1. The Morgan fingerprint density at radius 2 is 2.07 bits per heavy atom. The molecule has 4 aliphatic carbocycles. The molecule has 1 amide bonds. The van der Waals surface area contributed by atoms with Gasteiger partial charge < -0.3 is 19.9 Å². The van der Waals surface area contributed by atoms with E-state index in [0.717, 1.165) is 44.9 Å². The van der Waals surface area contributed by atoms with Crippen molar-refractivity contribution in [1.82, 2.24) is 15.3 Å². The van der Waals surface area contributed by atoms with Gasteiger partial charge in [0, 0.05) is 18.8 Å². The summed E-state index contributed by atoms with van der Waals surface area (Å²) in [6.45, 7) is 4.54. The van der Waals surface area contributed by atoms with Crippen molar-refractivity contribution >= 4 is 5.91 Å². The van der Waals surface area contributed by atoms with Crippen molar-refractivity contribution < 1.29 is 19.4 Å². The summed E-state index contributed by atoms with van der Waals surface area (Å²) in [5, 5.41) is 14.1. The van der Waals surface area contributed by atoms with Crippen LogP contribution < -0.4 is 10.1 Å². The van der Waals surface area contributed by atoms with Crippen LogP contribution >= 0.6 is 0 Å². The molecule has 0 aromatic carbocycles. The molecule has 7 nitrogen and oxygen atoms in total. The summed E-state index contributed by atoms with van der Waals surface area (Å²) in [7, 11) is 0. The molecule has 2 heterocycles. The molecule has 4 bridgehead atoms. The summed E-state index contributed by atoms with van der Waals surface area (Å²) in [4.78, 5) is 22.1. The van der Waals surface area contributed by atoms with E-state index < -0.39 is 5.60 Å². The Bertz CT molecular complexity index is 776. The maximum atomic E-state index is 13.3. The maximum Gasteiger partial charge on any atom is 0.316 e. The summed E-state index contributed by atoms with van der Waals surface area (Å²) in [6, 6.07) is 0.419. The summed E-state index contributed by atoms with van der Waals surface area (Å²) in [5.41, 5.74) is 0.619. The molecule has 3 atom stereocenters. The van der Waals surface area contributed by atoms with Gasteiger partial charge in [-0.2, -0.15) is 4.98 Å². The third kappa shape index (κ3) is 3.63. The molecular formula is C22H31N3O4. The van der Waals surface area contributed by atoms with Gasteiger partial charge in [0.2, 0.25) is 0 Å². The number of hydrogen-bond donors (Lipinski definition) is 2. The van der Waals surface area contributed by atoms with Gasteiger partial charge in [-0.25, -0.2) is 4.98 Å². The summed E-state index contributed by atoms with van der Waals surface area (Å²) < 4.78 is 11.5. The van der Waals surface area contributed by atoms with Crippen LogP contribution in [-0.4, -0.2) is 45.3 Å². The minimum Gasteiger partial charge on any atom is -0.461 e. The molecule has 4 saturated carbocycles. The standard InChI is InChI=1S/C22H31N3O4/c1-12(2)29-21-23-11-16(19(25-21)17-4-3-5-28-17)20(26)24-18-14-6-13-7-15(18)10-22(27,8-13)9-14/h11-15,17-18,27H,3-10H2,1-2H3,(H,24,26). The first-order valence-corrected chi connectivity index (χ1v) is 11.1. The van der Waals surface area contributed by atoms with Crippen LogP contribution in [-0.2, 0) is 4.74 Å². The zero-order chi connectivity index (χ0) is 20.2. The van der Waals surface area contributed by atoms with Gasteiger partial charge in [0.05, 0.1) is 23.0 Å². The topological polar surface area (TPSA) is 93.6 Å². The molecule has 1 aliphatic heterocycles. The van der Waals surface area contributed by atoms with Gasteiger partial charge in [-0.15, -0.1) is 0 Å². The fourth-order valence-corrected chi connectivity index (χ4v) is 6.31. The van der Waals surface area contributed by atoms with Crippen molar-refractivity contribution in [2.45, 2.75) is 82.6 Å². The van der Waals surface area contributed by atoms with E-state index in [-0.39, 0.29) is 24.2 Å². The minimum atomic E-state index is -0.500. The molecule has 0 radical (unpaired) electrons. The smallest absolute Gasteiger partial charge is 0.316 e. The van der Waals surface area contributed by atoms with Crippen LogP contribution in [0, 0.1) is 17.8 Å². The molecule has 5 aliphatic rings. The first-order valence-electron chi connectivity index (χ1n) is 11.1. The van der Waals surface area contributed by atoms with E-state index in [2.05, 4.69) is 15.3 Å². The zero-order valence-corrected chi connectivity index (χ0v) is 17.3. The fraction of sp³-hybridized carbons (Fsp3) is 0.773. The number of carbonyl (C=O) groups excluding carboxylic acids is 1. The van der Waals surface area contributed by atoms with Gasteiger partial charge in [-0.3, -0.25) is 4.79 Å². The van der Waals surface area contributed by atoms with E-state index in [1.54, 1.807) is 6.20 Å². The minimum absolute atomic E-state index is 0.0362. The molecule has 7 heteroatoms. The Labute approximate surface area is 171 Å². The molecule has 1 aromatic heterocycles. The molecule has 0 spiro atoms. The van der Waals surface area contributed by atoms with Crippen molar-refractivity contribution in [3.8, 4) is 6.01 Å². The van der Waals surface area contributed by atoms with E-state index in [0.29, 0.717) is 41.6 Å². The largest absolute Gasteiger partial charge is 0.461 e. The highest BCUT2D eigenvalue weighted by Gasteiger charge is 2.55.